The van der Waals surface area contributed by atoms with Gasteiger partial charge in [-0.15, -0.1) is 0 Å². The normalized spacial score (nSPS) is 11.7. The fourth-order valence-electron chi connectivity index (χ4n) is 1.86. The zero-order valence-corrected chi connectivity index (χ0v) is 11.5. The van der Waals surface area contributed by atoms with Gasteiger partial charge in [-0.1, -0.05) is 30.3 Å². The molecule has 3 N–H and O–H groups in total. The summed E-state index contributed by atoms with van der Waals surface area (Å²) in [5.41, 5.74) is 1.33. The van der Waals surface area contributed by atoms with Crippen LogP contribution in [0.2, 0.25) is 0 Å². The van der Waals surface area contributed by atoms with Gasteiger partial charge >= 0.3 is 12.0 Å². The van der Waals surface area contributed by atoms with Gasteiger partial charge in [0.25, 0.3) is 0 Å². The second kappa shape index (κ2) is 6.56. The molecule has 2 amide bonds. The maximum Gasteiger partial charge on any atom is 0.330 e. The molecule has 0 radical (unpaired) electrons. The number of aryl methyl sites for hydroxylation is 1. The number of urea groups is 1. The zero-order chi connectivity index (χ0) is 15.2. The fraction of sp³-hybridized carbons (Fsp3) is 0.214. The smallest absolute Gasteiger partial charge is 0.330 e. The molecular formula is C14H16N4O3. The van der Waals surface area contributed by atoms with E-state index < -0.39 is 18.0 Å². The van der Waals surface area contributed by atoms with Crippen molar-refractivity contribution in [2.75, 3.05) is 0 Å². The van der Waals surface area contributed by atoms with Gasteiger partial charge in [-0.05, 0) is 11.6 Å². The van der Waals surface area contributed by atoms with Crippen LogP contribution in [0.5, 0.6) is 0 Å². The minimum Gasteiger partial charge on any atom is -0.479 e. The summed E-state index contributed by atoms with van der Waals surface area (Å²) in [4.78, 5) is 23.1. The molecule has 0 saturated heterocycles. The molecule has 7 heteroatoms. The highest BCUT2D eigenvalue weighted by molar-refractivity contribution is 5.83. The highest BCUT2D eigenvalue weighted by Gasteiger charge is 2.21. The Hall–Kier alpha value is -2.83. The summed E-state index contributed by atoms with van der Waals surface area (Å²) in [6.45, 7) is 0.267. The lowest BCUT2D eigenvalue weighted by Crippen LogP contribution is -2.40. The summed E-state index contributed by atoms with van der Waals surface area (Å²) in [5, 5.41) is 18.2. The number of amides is 2. The summed E-state index contributed by atoms with van der Waals surface area (Å²) < 4.78 is 1.63. The third-order valence-electron chi connectivity index (χ3n) is 3.01. The number of benzene rings is 1. The van der Waals surface area contributed by atoms with Gasteiger partial charge in [0.2, 0.25) is 0 Å². The molecule has 0 saturated carbocycles. The van der Waals surface area contributed by atoms with Crippen molar-refractivity contribution in [3.05, 3.63) is 53.9 Å². The van der Waals surface area contributed by atoms with Gasteiger partial charge in [-0.25, -0.2) is 9.59 Å². The van der Waals surface area contributed by atoms with Crippen LogP contribution < -0.4 is 10.6 Å². The molecule has 1 atom stereocenters. The molecule has 1 aromatic carbocycles. The Morgan fingerprint density at radius 2 is 2.00 bits per heavy atom. The maximum atomic E-state index is 11.8. The lowest BCUT2D eigenvalue weighted by Gasteiger charge is -2.15. The number of nitrogens with zero attached hydrogens (tertiary/aromatic N) is 2. The number of aromatic nitrogens is 2. The van der Waals surface area contributed by atoms with Crippen molar-refractivity contribution in [1.29, 1.82) is 0 Å². The fourth-order valence-corrected chi connectivity index (χ4v) is 1.86. The van der Waals surface area contributed by atoms with Crippen molar-refractivity contribution in [1.82, 2.24) is 20.4 Å². The first-order valence-corrected chi connectivity index (χ1v) is 6.37. The van der Waals surface area contributed by atoms with E-state index in [-0.39, 0.29) is 6.54 Å². The monoisotopic (exact) mass is 288 g/mol. The summed E-state index contributed by atoms with van der Waals surface area (Å²) in [7, 11) is 1.76. The van der Waals surface area contributed by atoms with Crippen LogP contribution in [0, 0.1) is 0 Å². The molecule has 0 fully saturated rings. The van der Waals surface area contributed by atoms with Gasteiger partial charge < -0.3 is 15.7 Å². The Morgan fingerprint density at radius 1 is 1.29 bits per heavy atom. The number of hydrogen-bond acceptors (Lipinski definition) is 3. The van der Waals surface area contributed by atoms with Gasteiger partial charge in [0.1, 0.15) is 0 Å². The molecule has 0 bridgehead atoms. The molecule has 0 aliphatic carbocycles. The number of carboxylic acid groups (broad SMARTS) is 1. The zero-order valence-electron chi connectivity index (χ0n) is 11.5. The number of carbonyl (C=O) groups excluding carboxylic acids is 1. The van der Waals surface area contributed by atoms with Crippen LogP contribution in [-0.4, -0.2) is 26.9 Å². The van der Waals surface area contributed by atoms with Crippen LogP contribution in [0.15, 0.2) is 42.6 Å². The molecule has 0 spiro atoms. The van der Waals surface area contributed by atoms with Gasteiger partial charge in [-0.2, -0.15) is 5.10 Å². The molecule has 110 valence electrons. The topological polar surface area (TPSA) is 96.3 Å². The molecule has 2 rings (SSSR count). The predicted molar refractivity (Wildman–Crippen MR) is 75.4 cm³/mol. The Kier molecular flexibility index (Phi) is 4.55. The Bertz CT molecular complexity index is 624. The molecule has 7 nitrogen and oxygen atoms in total. The van der Waals surface area contributed by atoms with Crippen molar-refractivity contribution >= 4 is 12.0 Å². The Balaban J connectivity index is 1.96. The van der Waals surface area contributed by atoms with Crippen molar-refractivity contribution in [2.45, 2.75) is 12.6 Å². The van der Waals surface area contributed by atoms with E-state index in [0.29, 0.717) is 5.56 Å². The number of aliphatic carboxylic acids is 1. The van der Waals surface area contributed by atoms with Gasteiger partial charge in [0.05, 0.1) is 12.2 Å². The van der Waals surface area contributed by atoms with Crippen LogP contribution in [0.1, 0.15) is 17.3 Å². The first kappa shape index (κ1) is 14.6. The van der Waals surface area contributed by atoms with Crippen LogP contribution in [0.4, 0.5) is 4.79 Å². The Labute approximate surface area is 121 Å². The van der Waals surface area contributed by atoms with E-state index in [2.05, 4.69) is 15.7 Å². The van der Waals surface area contributed by atoms with Gasteiger partial charge in [-0.3, -0.25) is 4.68 Å². The molecule has 0 aliphatic heterocycles. The molecule has 21 heavy (non-hydrogen) atoms. The molecule has 1 aromatic heterocycles. The molecule has 2 aromatic rings. The first-order valence-electron chi connectivity index (χ1n) is 6.37. The van der Waals surface area contributed by atoms with Crippen LogP contribution in [0.3, 0.4) is 0 Å². The van der Waals surface area contributed by atoms with E-state index in [0.717, 1.165) is 5.69 Å². The second-order valence-electron chi connectivity index (χ2n) is 4.46. The van der Waals surface area contributed by atoms with Crippen LogP contribution in [0.25, 0.3) is 0 Å². The molecule has 0 unspecified atom stereocenters. The standard InChI is InChI=1S/C14H16N4O3/c1-18-11(7-8-16-18)9-15-14(21)17-12(13(19)20)10-5-3-2-4-6-10/h2-8,12H,9H2,1H3,(H,19,20)(H2,15,17,21)/t12-/m1/s1. The average Bonchev–Trinajstić information content (AvgIpc) is 2.88. The van der Waals surface area contributed by atoms with Crippen molar-refractivity contribution in [2.24, 2.45) is 7.05 Å². The summed E-state index contributed by atoms with van der Waals surface area (Å²) >= 11 is 0. The largest absolute Gasteiger partial charge is 0.479 e. The second-order valence-corrected chi connectivity index (χ2v) is 4.46. The maximum absolute atomic E-state index is 11.8. The van der Waals surface area contributed by atoms with E-state index in [9.17, 15) is 14.7 Å². The minimum absolute atomic E-state index is 0.267. The first-order chi connectivity index (χ1) is 10.1. The van der Waals surface area contributed by atoms with Gasteiger partial charge in [0.15, 0.2) is 6.04 Å². The average molecular weight is 288 g/mol. The highest BCUT2D eigenvalue weighted by Crippen LogP contribution is 2.12. The minimum atomic E-state index is -1.11. The van der Waals surface area contributed by atoms with E-state index in [1.807, 2.05) is 0 Å². The third-order valence-corrected chi connectivity index (χ3v) is 3.01. The van der Waals surface area contributed by atoms with Crippen molar-refractivity contribution in [3.63, 3.8) is 0 Å². The highest BCUT2D eigenvalue weighted by atomic mass is 16.4. The third kappa shape index (κ3) is 3.82. The summed E-state index contributed by atoms with van der Waals surface area (Å²) in [6.07, 6.45) is 1.62. The number of hydrogen-bond donors (Lipinski definition) is 3. The SMILES string of the molecule is Cn1nccc1CNC(=O)N[C@@H](C(=O)O)c1ccccc1. The Morgan fingerprint density at radius 3 is 2.57 bits per heavy atom. The van der Waals surface area contributed by atoms with E-state index in [1.54, 1.807) is 54.3 Å². The molecular weight excluding hydrogens is 272 g/mol. The quantitative estimate of drug-likeness (QED) is 0.766. The van der Waals surface area contributed by atoms with E-state index in [4.69, 9.17) is 0 Å². The van der Waals surface area contributed by atoms with Crippen molar-refractivity contribution in [3.8, 4) is 0 Å². The number of nitrogens with one attached hydrogen (secondary N) is 2. The van der Waals surface area contributed by atoms with E-state index >= 15 is 0 Å². The number of carbonyl (C=O) groups is 2. The summed E-state index contributed by atoms with van der Waals surface area (Å²) in [5.74, 6) is -1.11. The van der Waals surface area contributed by atoms with Crippen molar-refractivity contribution < 1.29 is 14.7 Å². The molecule has 0 aliphatic rings. The van der Waals surface area contributed by atoms with Crippen LogP contribution in [-0.2, 0) is 18.4 Å². The number of carboxylic acids is 1. The van der Waals surface area contributed by atoms with Gasteiger partial charge in [0, 0.05) is 13.2 Å². The van der Waals surface area contributed by atoms with Crippen LogP contribution >= 0.6 is 0 Å². The molecule has 1 heterocycles. The lowest BCUT2D eigenvalue weighted by atomic mass is 10.1. The number of rotatable bonds is 5. The van der Waals surface area contributed by atoms with E-state index in [1.165, 1.54) is 0 Å². The summed E-state index contributed by atoms with van der Waals surface area (Å²) in [6, 6.07) is 8.67. The predicted octanol–water partition coefficient (Wildman–Crippen LogP) is 1.05. The lowest BCUT2D eigenvalue weighted by molar-refractivity contribution is -0.139.